The van der Waals surface area contributed by atoms with Crippen LogP contribution in [0.2, 0.25) is 0 Å². The van der Waals surface area contributed by atoms with Gasteiger partial charge in [-0.1, -0.05) is 0 Å². The van der Waals surface area contributed by atoms with Crippen LogP contribution in [0.3, 0.4) is 0 Å². The summed E-state index contributed by atoms with van der Waals surface area (Å²) in [5.74, 6) is 0. The van der Waals surface area contributed by atoms with Crippen LogP contribution in [-0.2, 0) is 4.74 Å². The molecule has 1 spiro atoms. The van der Waals surface area contributed by atoms with E-state index in [0.717, 1.165) is 12.8 Å². The van der Waals surface area contributed by atoms with Gasteiger partial charge in [0.25, 0.3) is 0 Å². The first-order valence-electron chi connectivity index (χ1n) is 6.19. The second-order valence-electron chi connectivity index (χ2n) is 6.22. The molecule has 2 amide bonds. The second kappa shape index (κ2) is 4.03. The second-order valence-corrected chi connectivity index (χ2v) is 6.22. The molecule has 6 nitrogen and oxygen atoms in total. The summed E-state index contributed by atoms with van der Waals surface area (Å²) >= 11 is 0. The van der Waals surface area contributed by atoms with E-state index in [1.807, 2.05) is 0 Å². The highest BCUT2D eigenvalue weighted by atomic mass is 16.6. The number of hydrogen-bond donors (Lipinski definition) is 2. The molecule has 1 aliphatic carbocycles. The monoisotopic (exact) mass is 256 g/mol. The highest BCUT2D eigenvalue weighted by Crippen LogP contribution is 2.52. The van der Waals surface area contributed by atoms with Crippen LogP contribution in [0.5, 0.6) is 0 Å². The van der Waals surface area contributed by atoms with Gasteiger partial charge in [0.05, 0.1) is 6.04 Å². The van der Waals surface area contributed by atoms with E-state index in [2.05, 4.69) is 5.32 Å². The molecule has 1 saturated heterocycles. The Morgan fingerprint density at radius 2 is 2.00 bits per heavy atom. The van der Waals surface area contributed by atoms with E-state index in [-0.39, 0.29) is 11.5 Å². The first kappa shape index (κ1) is 13.0. The minimum atomic E-state index is -0.922. The van der Waals surface area contributed by atoms with Crippen LogP contribution in [0.25, 0.3) is 0 Å². The predicted molar refractivity (Wildman–Crippen MR) is 64.4 cm³/mol. The Bertz CT molecular complexity index is 371. The minimum absolute atomic E-state index is 0.0463. The third kappa shape index (κ3) is 2.68. The van der Waals surface area contributed by atoms with Crippen LogP contribution < -0.4 is 5.32 Å². The molecule has 2 aliphatic rings. The summed E-state index contributed by atoms with van der Waals surface area (Å²) in [5.41, 5.74) is -0.582. The summed E-state index contributed by atoms with van der Waals surface area (Å²) in [6.45, 7) is 6.28. The van der Waals surface area contributed by atoms with Gasteiger partial charge in [-0.25, -0.2) is 9.59 Å². The Morgan fingerprint density at radius 1 is 1.39 bits per heavy atom. The molecule has 2 fully saturated rings. The van der Waals surface area contributed by atoms with Crippen molar-refractivity contribution in [3.8, 4) is 0 Å². The smallest absolute Gasteiger partial charge is 0.407 e. The van der Waals surface area contributed by atoms with Crippen molar-refractivity contribution in [1.82, 2.24) is 10.2 Å². The number of alkyl carbamates (subject to hydrolysis) is 1. The standard InChI is InChI=1S/C12H20N2O4/c1-11(2,3)18-9(15)13-8-6-14(10(16)17)7-12(8)4-5-12/h8H,4-7H2,1-3H3,(H,13,15)(H,16,17)/t8-/m1/s1. The number of likely N-dealkylation sites (tertiary alicyclic amines) is 1. The lowest BCUT2D eigenvalue weighted by Gasteiger charge is -2.23. The Balaban J connectivity index is 1.94. The van der Waals surface area contributed by atoms with Crippen molar-refractivity contribution in [2.24, 2.45) is 5.41 Å². The third-order valence-corrected chi connectivity index (χ3v) is 3.50. The molecular weight excluding hydrogens is 236 g/mol. The predicted octanol–water partition coefficient (Wildman–Crippen LogP) is 1.65. The van der Waals surface area contributed by atoms with Gasteiger partial charge in [0.1, 0.15) is 5.60 Å². The minimum Gasteiger partial charge on any atom is -0.465 e. The van der Waals surface area contributed by atoms with Gasteiger partial charge >= 0.3 is 12.2 Å². The van der Waals surface area contributed by atoms with Crippen LogP contribution in [0.4, 0.5) is 9.59 Å². The molecule has 0 unspecified atom stereocenters. The maximum atomic E-state index is 11.7. The molecule has 0 bridgehead atoms. The van der Waals surface area contributed by atoms with Gasteiger partial charge in [0.15, 0.2) is 0 Å². The molecule has 0 aromatic carbocycles. The molecule has 1 atom stereocenters. The number of amides is 2. The van der Waals surface area contributed by atoms with Crippen LogP contribution in [0, 0.1) is 5.41 Å². The Kier molecular flexibility index (Phi) is 2.91. The van der Waals surface area contributed by atoms with Crippen molar-refractivity contribution in [3.05, 3.63) is 0 Å². The van der Waals surface area contributed by atoms with Gasteiger partial charge in [0, 0.05) is 18.5 Å². The van der Waals surface area contributed by atoms with Crippen LogP contribution in [0.1, 0.15) is 33.6 Å². The number of nitrogens with one attached hydrogen (secondary N) is 1. The fourth-order valence-electron chi connectivity index (χ4n) is 2.43. The number of hydrogen-bond acceptors (Lipinski definition) is 3. The lowest BCUT2D eigenvalue weighted by atomic mass is 10.0. The van der Waals surface area contributed by atoms with E-state index in [1.165, 1.54) is 4.90 Å². The van der Waals surface area contributed by atoms with Crippen LogP contribution in [-0.4, -0.2) is 46.9 Å². The van der Waals surface area contributed by atoms with E-state index in [9.17, 15) is 9.59 Å². The van der Waals surface area contributed by atoms with Gasteiger partial charge in [0.2, 0.25) is 0 Å². The lowest BCUT2D eigenvalue weighted by Crippen LogP contribution is -2.44. The molecule has 0 aromatic heterocycles. The first-order chi connectivity index (χ1) is 8.22. The quantitative estimate of drug-likeness (QED) is 0.747. The third-order valence-electron chi connectivity index (χ3n) is 3.50. The lowest BCUT2D eigenvalue weighted by molar-refractivity contribution is 0.0491. The molecule has 2 N–H and O–H groups in total. The molecule has 0 aromatic rings. The van der Waals surface area contributed by atoms with Gasteiger partial charge in [-0.15, -0.1) is 0 Å². The van der Waals surface area contributed by atoms with Crippen molar-refractivity contribution in [3.63, 3.8) is 0 Å². The van der Waals surface area contributed by atoms with E-state index >= 15 is 0 Å². The van der Waals surface area contributed by atoms with E-state index in [4.69, 9.17) is 9.84 Å². The van der Waals surface area contributed by atoms with Gasteiger partial charge in [-0.2, -0.15) is 0 Å². The van der Waals surface area contributed by atoms with Crippen molar-refractivity contribution >= 4 is 12.2 Å². The van der Waals surface area contributed by atoms with Crippen molar-refractivity contribution in [2.75, 3.05) is 13.1 Å². The molecule has 18 heavy (non-hydrogen) atoms. The van der Waals surface area contributed by atoms with Crippen LogP contribution >= 0.6 is 0 Å². The summed E-state index contributed by atoms with van der Waals surface area (Å²) in [4.78, 5) is 24.0. The van der Waals surface area contributed by atoms with Gasteiger partial charge in [-0.05, 0) is 33.6 Å². The Hall–Kier alpha value is -1.46. The molecule has 0 radical (unpaired) electrons. The number of carbonyl (C=O) groups is 2. The Morgan fingerprint density at radius 3 is 2.44 bits per heavy atom. The number of ether oxygens (including phenoxy) is 1. The molecule has 102 valence electrons. The van der Waals surface area contributed by atoms with Crippen LogP contribution in [0.15, 0.2) is 0 Å². The SMILES string of the molecule is CC(C)(C)OC(=O)N[C@@H]1CN(C(=O)O)CC12CC2. The fourth-order valence-corrected chi connectivity index (χ4v) is 2.43. The number of nitrogens with zero attached hydrogens (tertiary/aromatic N) is 1. The zero-order chi connectivity index (χ0) is 13.6. The molecule has 1 saturated carbocycles. The highest BCUT2D eigenvalue weighted by Gasteiger charge is 2.56. The number of carboxylic acid groups (broad SMARTS) is 1. The zero-order valence-electron chi connectivity index (χ0n) is 11.0. The molecule has 6 heteroatoms. The summed E-state index contributed by atoms with van der Waals surface area (Å²) in [6, 6.07) is -0.122. The van der Waals surface area contributed by atoms with Crippen molar-refractivity contribution in [2.45, 2.75) is 45.3 Å². The average molecular weight is 256 g/mol. The molecule has 2 rings (SSSR count). The first-order valence-corrected chi connectivity index (χ1v) is 6.19. The fraction of sp³-hybridized carbons (Fsp3) is 0.833. The van der Waals surface area contributed by atoms with Gasteiger partial charge in [-0.3, -0.25) is 0 Å². The maximum Gasteiger partial charge on any atom is 0.407 e. The van der Waals surface area contributed by atoms with E-state index < -0.39 is 17.8 Å². The summed E-state index contributed by atoms with van der Waals surface area (Å²) in [6.07, 6.45) is 0.551. The van der Waals surface area contributed by atoms with Crippen molar-refractivity contribution in [1.29, 1.82) is 0 Å². The molecule has 1 aliphatic heterocycles. The average Bonchev–Trinajstić information content (AvgIpc) is 2.83. The summed E-state index contributed by atoms with van der Waals surface area (Å²) in [7, 11) is 0. The molecular formula is C12H20N2O4. The normalized spacial score (nSPS) is 25.1. The van der Waals surface area contributed by atoms with Gasteiger partial charge < -0.3 is 20.1 Å². The molecule has 1 heterocycles. The Labute approximate surface area is 106 Å². The topological polar surface area (TPSA) is 78.9 Å². The highest BCUT2D eigenvalue weighted by molar-refractivity contribution is 5.70. The largest absolute Gasteiger partial charge is 0.465 e. The zero-order valence-corrected chi connectivity index (χ0v) is 11.0. The maximum absolute atomic E-state index is 11.7. The number of rotatable bonds is 1. The summed E-state index contributed by atoms with van der Waals surface area (Å²) < 4.78 is 5.20. The van der Waals surface area contributed by atoms with E-state index in [1.54, 1.807) is 20.8 Å². The summed E-state index contributed by atoms with van der Waals surface area (Å²) in [5, 5.41) is 11.8. The van der Waals surface area contributed by atoms with Crippen molar-refractivity contribution < 1.29 is 19.4 Å². The number of carbonyl (C=O) groups excluding carboxylic acids is 1. The van der Waals surface area contributed by atoms with E-state index in [0.29, 0.717) is 13.1 Å².